The molecule has 2 aromatic heterocycles. The number of hydrogen-bond acceptors (Lipinski definition) is 5. The lowest BCUT2D eigenvalue weighted by Gasteiger charge is -2.29. The fourth-order valence-electron chi connectivity index (χ4n) is 2.55. The van der Waals surface area contributed by atoms with Crippen LogP contribution in [0.3, 0.4) is 0 Å². The summed E-state index contributed by atoms with van der Waals surface area (Å²) >= 11 is 0. The number of nitrogens with zero attached hydrogens (tertiary/aromatic N) is 3. The van der Waals surface area contributed by atoms with Crippen LogP contribution < -0.4 is 10.1 Å². The van der Waals surface area contributed by atoms with E-state index in [0.717, 1.165) is 6.07 Å². The lowest BCUT2D eigenvalue weighted by atomic mass is 10.1. The van der Waals surface area contributed by atoms with Gasteiger partial charge in [0, 0.05) is 6.07 Å². The summed E-state index contributed by atoms with van der Waals surface area (Å²) in [5, 5.41) is 6.36. The summed E-state index contributed by atoms with van der Waals surface area (Å²) in [5.41, 5.74) is -2.29. The van der Waals surface area contributed by atoms with Gasteiger partial charge in [0.2, 0.25) is 5.88 Å². The molecule has 0 bridgehead atoms. The average molecular weight is 414 g/mol. The number of pyridine rings is 1. The van der Waals surface area contributed by atoms with Gasteiger partial charge in [0.05, 0.1) is 30.6 Å². The van der Waals surface area contributed by atoms with E-state index in [4.69, 9.17) is 9.47 Å². The molecule has 0 aromatic carbocycles. The summed E-state index contributed by atoms with van der Waals surface area (Å²) in [6.45, 7) is 8.43. The highest BCUT2D eigenvalue weighted by molar-refractivity contribution is 5.68. The van der Waals surface area contributed by atoms with E-state index < -0.39 is 29.1 Å². The summed E-state index contributed by atoms with van der Waals surface area (Å²) in [4.78, 5) is 16.3. The molecule has 0 aliphatic carbocycles. The van der Waals surface area contributed by atoms with Crippen molar-refractivity contribution in [1.29, 1.82) is 0 Å². The fraction of sp³-hybridized carbons (Fsp3) is 0.526. The molecule has 10 heteroatoms. The van der Waals surface area contributed by atoms with Gasteiger partial charge in [-0.1, -0.05) is 6.07 Å². The maximum absolute atomic E-state index is 13.3. The van der Waals surface area contributed by atoms with Gasteiger partial charge in [-0.25, -0.2) is 9.78 Å². The monoisotopic (exact) mass is 414 g/mol. The van der Waals surface area contributed by atoms with Crippen molar-refractivity contribution in [2.24, 2.45) is 0 Å². The van der Waals surface area contributed by atoms with Crippen LogP contribution >= 0.6 is 0 Å². The zero-order chi connectivity index (χ0) is 22.0. The molecule has 0 saturated heterocycles. The summed E-state index contributed by atoms with van der Waals surface area (Å²) in [6, 6.07) is 5.69. The Hall–Kier alpha value is -2.78. The molecule has 0 spiro atoms. The van der Waals surface area contributed by atoms with Crippen molar-refractivity contribution in [2.75, 3.05) is 7.11 Å². The molecule has 160 valence electrons. The number of methoxy groups -OCH3 is 1. The lowest BCUT2D eigenvalue weighted by Crippen LogP contribution is -2.48. The Morgan fingerprint density at radius 3 is 2.38 bits per heavy atom. The van der Waals surface area contributed by atoms with E-state index in [1.54, 1.807) is 52.8 Å². The molecule has 1 N–H and O–H groups in total. The first-order valence-corrected chi connectivity index (χ1v) is 8.88. The van der Waals surface area contributed by atoms with Crippen LogP contribution in [-0.2, 0) is 17.5 Å². The van der Waals surface area contributed by atoms with Crippen LogP contribution in [-0.4, -0.2) is 39.1 Å². The average Bonchev–Trinajstić information content (AvgIpc) is 2.95. The van der Waals surface area contributed by atoms with Crippen LogP contribution in [0, 0.1) is 0 Å². The summed E-state index contributed by atoms with van der Waals surface area (Å²) in [7, 11) is 1.42. The van der Waals surface area contributed by atoms with Crippen LogP contribution in [0.25, 0.3) is 11.4 Å². The van der Waals surface area contributed by atoms with Crippen molar-refractivity contribution in [2.45, 2.75) is 58.5 Å². The van der Waals surface area contributed by atoms with Gasteiger partial charge in [0.1, 0.15) is 5.60 Å². The third kappa shape index (κ3) is 6.37. The molecular formula is C19H25F3N4O3. The summed E-state index contributed by atoms with van der Waals surface area (Å²) < 4.78 is 51.2. The SMILES string of the molecule is COc1cccc(-c2cc(C(F)(F)F)nn2CC(C)(C)NC(=O)OC(C)(C)C)n1. The second-order valence-corrected chi connectivity index (χ2v) is 8.15. The first kappa shape index (κ1) is 22.5. The quantitative estimate of drug-likeness (QED) is 0.790. The summed E-state index contributed by atoms with van der Waals surface area (Å²) in [5.74, 6) is 0.259. The molecule has 2 heterocycles. The Balaban J connectivity index is 2.37. The first-order chi connectivity index (χ1) is 13.2. The Kier molecular flexibility index (Phi) is 6.15. The van der Waals surface area contributed by atoms with Gasteiger partial charge in [-0.2, -0.15) is 18.3 Å². The Morgan fingerprint density at radius 1 is 1.17 bits per heavy atom. The van der Waals surface area contributed by atoms with E-state index in [1.807, 2.05) is 0 Å². The van der Waals surface area contributed by atoms with Gasteiger partial charge in [-0.3, -0.25) is 4.68 Å². The van der Waals surface area contributed by atoms with E-state index in [9.17, 15) is 18.0 Å². The summed E-state index contributed by atoms with van der Waals surface area (Å²) in [6.07, 6.45) is -5.30. The lowest BCUT2D eigenvalue weighted by molar-refractivity contribution is -0.141. The van der Waals surface area contributed by atoms with Crippen LogP contribution in [0.2, 0.25) is 0 Å². The topological polar surface area (TPSA) is 78.3 Å². The number of nitrogens with one attached hydrogen (secondary N) is 1. The molecule has 0 aliphatic rings. The van der Waals surface area contributed by atoms with Gasteiger partial charge < -0.3 is 14.8 Å². The largest absolute Gasteiger partial charge is 0.481 e. The minimum Gasteiger partial charge on any atom is -0.481 e. The van der Waals surface area contributed by atoms with Gasteiger partial charge in [0.15, 0.2) is 5.69 Å². The highest BCUT2D eigenvalue weighted by Crippen LogP contribution is 2.32. The van der Waals surface area contributed by atoms with Crippen LogP contribution in [0.5, 0.6) is 5.88 Å². The zero-order valence-corrected chi connectivity index (χ0v) is 17.2. The van der Waals surface area contributed by atoms with Crippen molar-refractivity contribution < 1.29 is 27.4 Å². The van der Waals surface area contributed by atoms with Crippen molar-refractivity contribution in [3.63, 3.8) is 0 Å². The highest BCUT2D eigenvalue weighted by Gasteiger charge is 2.36. The number of alkyl carbamates (subject to hydrolysis) is 1. The van der Waals surface area contributed by atoms with Crippen molar-refractivity contribution >= 4 is 6.09 Å². The van der Waals surface area contributed by atoms with E-state index in [2.05, 4.69) is 15.4 Å². The number of hydrogen-bond donors (Lipinski definition) is 1. The number of aromatic nitrogens is 3. The zero-order valence-electron chi connectivity index (χ0n) is 17.2. The molecule has 0 atom stereocenters. The number of amides is 1. The second kappa shape index (κ2) is 7.92. The number of halogens is 3. The molecule has 0 unspecified atom stereocenters. The van der Waals surface area contributed by atoms with Gasteiger partial charge >= 0.3 is 12.3 Å². The molecular weight excluding hydrogens is 389 g/mol. The van der Waals surface area contributed by atoms with E-state index in [0.29, 0.717) is 0 Å². The van der Waals surface area contributed by atoms with Gasteiger partial charge in [-0.15, -0.1) is 0 Å². The number of rotatable bonds is 5. The van der Waals surface area contributed by atoms with Crippen molar-refractivity contribution in [3.05, 3.63) is 30.0 Å². The molecule has 2 aromatic rings. The van der Waals surface area contributed by atoms with Crippen LogP contribution in [0.1, 0.15) is 40.3 Å². The fourth-order valence-corrected chi connectivity index (χ4v) is 2.55. The first-order valence-electron chi connectivity index (χ1n) is 8.88. The van der Waals surface area contributed by atoms with Crippen LogP contribution in [0.15, 0.2) is 24.3 Å². The minimum atomic E-state index is -4.62. The maximum atomic E-state index is 13.3. The van der Waals surface area contributed by atoms with Crippen molar-refractivity contribution in [1.82, 2.24) is 20.1 Å². The predicted octanol–water partition coefficient (Wildman–Crippen LogP) is 4.28. The molecule has 1 amide bonds. The standard InChI is InChI=1S/C19H25F3N4O3/c1-17(2,3)29-16(27)24-18(4,5)11-26-13(10-14(25-26)19(20,21)22)12-8-7-9-15(23-12)28-6/h7-10H,11H2,1-6H3,(H,24,27). The molecule has 0 fully saturated rings. The molecule has 7 nitrogen and oxygen atoms in total. The Bertz CT molecular complexity index is 870. The number of carbonyl (C=O) groups excluding carboxylic acids is 1. The third-order valence-electron chi connectivity index (χ3n) is 3.65. The molecule has 2 rings (SSSR count). The molecule has 29 heavy (non-hydrogen) atoms. The molecule has 0 radical (unpaired) electrons. The van der Waals surface area contributed by atoms with E-state index in [1.165, 1.54) is 11.8 Å². The Morgan fingerprint density at radius 2 is 1.83 bits per heavy atom. The van der Waals surface area contributed by atoms with Crippen molar-refractivity contribution in [3.8, 4) is 17.3 Å². The predicted molar refractivity (Wildman–Crippen MR) is 100 cm³/mol. The minimum absolute atomic E-state index is 0.0451. The maximum Gasteiger partial charge on any atom is 0.435 e. The Labute approximate surface area is 167 Å². The van der Waals surface area contributed by atoms with Gasteiger partial charge in [-0.05, 0) is 46.8 Å². The smallest absolute Gasteiger partial charge is 0.435 e. The van der Waals surface area contributed by atoms with E-state index >= 15 is 0 Å². The molecule has 0 aliphatic heterocycles. The van der Waals surface area contributed by atoms with E-state index in [-0.39, 0.29) is 23.8 Å². The number of alkyl halides is 3. The normalized spacial score (nSPS) is 12.6. The third-order valence-corrected chi connectivity index (χ3v) is 3.65. The number of ether oxygens (including phenoxy) is 2. The number of carbonyl (C=O) groups is 1. The van der Waals surface area contributed by atoms with Gasteiger partial charge in [0.25, 0.3) is 0 Å². The molecule has 0 saturated carbocycles. The highest BCUT2D eigenvalue weighted by atomic mass is 19.4. The van der Waals surface area contributed by atoms with Crippen LogP contribution in [0.4, 0.5) is 18.0 Å². The second-order valence-electron chi connectivity index (χ2n) is 8.15.